The molecule has 0 saturated carbocycles. The second-order valence-electron chi connectivity index (χ2n) is 5.75. The molecule has 0 aliphatic carbocycles. The number of aromatic nitrogens is 2. The van der Waals surface area contributed by atoms with Gasteiger partial charge in [-0.05, 0) is 43.1 Å². The summed E-state index contributed by atoms with van der Waals surface area (Å²) in [6.07, 6.45) is 2.24. The van der Waals surface area contributed by atoms with E-state index in [4.69, 9.17) is 7.16 Å². The van der Waals surface area contributed by atoms with Crippen LogP contribution in [0, 0.1) is 6.92 Å². The largest absolute Gasteiger partial charge is 0.453 e. The molecule has 4 aromatic rings. The van der Waals surface area contributed by atoms with Gasteiger partial charge in [-0.15, -0.1) is 0 Å². The van der Waals surface area contributed by atoms with Gasteiger partial charge in [-0.3, -0.25) is 4.98 Å². The highest BCUT2D eigenvalue weighted by molar-refractivity contribution is 6.07. The number of hydrogen-bond donors (Lipinski definition) is 0. The van der Waals surface area contributed by atoms with Crippen LogP contribution in [0.15, 0.2) is 53.2 Å². The Bertz CT molecular complexity index is 1110. The lowest BCUT2D eigenvalue weighted by Gasteiger charge is -2.06. The van der Waals surface area contributed by atoms with E-state index in [-0.39, 0.29) is 0 Å². The lowest BCUT2D eigenvalue weighted by atomic mass is 10.0. The van der Waals surface area contributed by atoms with E-state index in [0.717, 1.165) is 38.9 Å². The maximum atomic E-state index is 7.92. The quantitative estimate of drug-likeness (QED) is 0.516. The molecule has 0 unspecified atom stereocenters. The number of fused-ring (bicyclic) bond motifs is 3. The minimum atomic E-state index is -1.37. The summed E-state index contributed by atoms with van der Waals surface area (Å²) in [5.41, 5.74) is 6.20. The molecular formula is C20H19N2O+. The molecule has 0 fully saturated rings. The van der Waals surface area contributed by atoms with Crippen molar-refractivity contribution in [1.29, 1.82) is 0 Å². The highest BCUT2D eigenvalue weighted by Gasteiger charge is 2.20. The van der Waals surface area contributed by atoms with Crippen LogP contribution in [0.5, 0.6) is 0 Å². The highest BCUT2D eigenvalue weighted by atomic mass is 16.3. The first-order chi connectivity index (χ1) is 11.9. The van der Waals surface area contributed by atoms with Crippen molar-refractivity contribution in [1.82, 2.24) is 4.98 Å². The van der Waals surface area contributed by atoms with Crippen molar-refractivity contribution in [3.8, 4) is 11.3 Å². The van der Waals surface area contributed by atoms with E-state index in [1.807, 2.05) is 48.1 Å². The SMILES string of the molecule is [2H]C([2H])(C)c1ccc(-c2c(C)ccc3c2oc2cccnc23)[n+](C)c1. The van der Waals surface area contributed by atoms with E-state index in [9.17, 15) is 0 Å². The van der Waals surface area contributed by atoms with Gasteiger partial charge in [-0.2, -0.15) is 0 Å². The van der Waals surface area contributed by atoms with Gasteiger partial charge >= 0.3 is 0 Å². The van der Waals surface area contributed by atoms with Crippen LogP contribution in [0.3, 0.4) is 0 Å². The van der Waals surface area contributed by atoms with E-state index in [1.54, 1.807) is 13.1 Å². The lowest BCUT2D eigenvalue weighted by Crippen LogP contribution is -2.31. The summed E-state index contributed by atoms with van der Waals surface area (Å²) in [5, 5.41) is 0.992. The zero-order valence-electron chi connectivity index (χ0n) is 15.4. The maximum Gasteiger partial charge on any atom is 0.216 e. The standard InChI is InChI=1S/C20H19N2O/c1-4-14-8-10-16(22(3)12-14)18-13(2)7-9-15-19-17(23-20(15)18)6-5-11-21-19/h5-12H,4H2,1-3H3/q+1/i4D2. The average Bonchev–Trinajstić information content (AvgIpc) is 2.93. The molecule has 0 spiro atoms. The van der Waals surface area contributed by atoms with Crippen molar-refractivity contribution in [3.63, 3.8) is 0 Å². The van der Waals surface area contributed by atoms with Gasteiger partial charge in [0.1, 0.15) is 12.6 Å². The first-order valence-electron chi connectivity index (χ1n) is 8.63. The number of aryl methyl sites for hydroxylation is 3. The van der Waals surface area contributed by atoms with Gasteiger partial charge in [0.05, 0.1) is 5.56 Å². The summed E-state index contributed by atoms with van der Waals surface area (Å²) in [4.78, 5) is 4.45. The molecule has 3 aromatic heterocycles. The van der Waals surface area contributed by atoms with Crippen LogP contribution < -0.4 is 4.57 Å². The van der Waals surface area contributed by atoms with Gasteiger partial charge in [-0.25, -0.2) is 4.57 Å². The Kier molecular flexibility index (Phi) is 2.67. The van der Waals surface area contributed by atoms with Crippen LogP contribution in [-0.2, 0) is 13.4 Å². The molecule has 3 heteroatoms. The fourth-order valence-electron chi connectivity index (χ4n) is 3.09. The molecule has 0 amide bonds. The minimum Gasteiger partial charge on any atom is -0.453 e. The molecule has 0 bridgehead atoms. The molecular weight excluding hydrogens is 284 g/mol. The molecule has 0 aliphatic heterocycles. The number of nitrogens with zero attached hydrogens (tertiary/aromatic N) is 2. The maximum absolute atomic E-state index is 7.92. The molecule has 0 aliphatic rings. The number of hydrogen-bond acceptors (Lipinski definition) is 2. The lowest BCUT2D eigenvalue weighted by molar-refractivity contribution is -0.660. The summed E-state index contributed by atoms with van der Waals surface area (Å²) in [5.74, 6) is 0. The van der Waals surface area contributed by atoms with Crippen molar-refractivity contribution in [3.05, 3.63) is 59.9 Å². The van der Waals surface area contributed by atoms with Crippen LogP contribution in [0.2, 0.25) is 0 Å². The summed E-state index contributed by atoms with van der Waals surface area (Å²) < 4.78 is 23.9. The van der Waals surface area contributed by atoms with E-state index in [0.29, 0.717) is 5.56 Å². The summed E-state index contributed by atoms with van der Waals surface area (Å²) >= 11 is 0. The Balaban J connectivity index is 2.02. The highest BCUT2D eigenvalue weighted by Crippen LogP contribution is 2.35. The van der Waals surface area contributed by atoms with E-state index in [2.05, 4.69) is 18.0 Å². The molecule has 3 nitrogen and oxygen atoms in total. The van der Waals surface area contributed by atoms with Gasteiger partial charge in [0.25, 0.3) is 0 Å². The molecule has 0 saturated heterocycles. The van der Waals surface area contributed by atoms with Crippen LogP contribution >= 0.6 is 0 Å². The van der Waals surface area contributed by atoms with Gasteiger partial charge in [0, 0.05) is 26.0 Å². The van der Waals surface area contributed by atoms with Crippen LogP contribution in [0.4, 0.5) is 0 Å². The monoisotopic (exact) mass is 305 g/mol. The Morgan fingerprint density at radius 2 is 2.09 bits per heavy atom. The second kappa shape index (κ2) is 5.20. The molecule has 1 aromatic carbocycles. The van der Waals surface area contributed by atoms with Gasteiger partial charge in [-0.1, -0.05) is 13.0 Å². The Hall–Kier alpha value is -2.68. The van der Waals surface area contributed by atoms with Crippen molar-refractivity contribution in [2.24, 2.45) is 7.05 Å². The zero-order chi connectivity index (χ0) is 17.8. The average molecular weight is 305 g/mol. The molecule has 0 radical (unpaired) electrons. The molecule has 4 rings (SSSR count). The predicted molar refractivity (Wildman–Crippen MR) is 92.2 cm³/mol. The Morgan fingerprint density at radius 1 is 1.22 bits per heavy atom. The summed E-state index contributed by atoms with van der Waals surface area (Å²) in [6.45, 7) is 3.63. The molecule has 0 atom stereocenters. The second-order valence-corrected chi connectivity index (χ2v) is 5.75. The van der Waals surface area contributed by atoms with E-state index in [1.165, 1.54) is 0 Å². The molecule has 23 heavy (non-hydrogen) atoms. The number of pyridine rings is 2. The zero-order valence-corrected chi connectivity index (χ0v) is 13.4. The molecule has 0 N–H and O–H groups in total. The van der Waals surface area contributed by atoms with Gasteiger partial charge in [0.2, 0.25) is 5.69 Å². The van der Waals surface area contributed by atoms with Crippen molar-refractivity contribution in [2.45, 2.75) is 20.2 Å². The predicted octanol–water partition coefficient (Wildman–Crippen LogP) is 4.34. The smallest absolute Gasteiger partial charge is 0.216 e. The summed E-state index contributed by atoms with van der Waals surface area (Å²) in [6, 6.07) is 11.7. The number of rotatable bonds is 2. The van der Waals surface area contributed by atoms with Gasteiger partial charge in [0.15, 0.2) is 17.4 Å². The third-order valence-corrected chi connectivity index (χ3v) is 4.28. The minimum absolute atomic E-state index is 0.648. The van der Waals surface area contributed by atoms with Crippen LogP contribution in [0.1, 0.15) is 20.8 Å². The number of furan rings is 1. The third kappa shape index (κ3) is 2.12. The molecule has 3 heterocycles. The van der Waals surface area contributed by atoms with Crippen LogP contribution in [-0.4, -0.2) is 4.98 Å². The topological polar surface area (TPSA) is 29.9 Å². The molecule has 114 valence electrons. The first kappa shape index (κ1) is 11.8. The van der Waals surface area contributed by atoms with Gasteiger partial charge < -0.3 is 4.42 Å². The Morgan fingerprint density at radius 3 is 2.87 bits per heavy atom. The van der Waals surface area contributed by atoms with E-state index < -0.39 is 6.37 Å². The van der Waals surface area contributed by atoms with E-state index >= 15 is 0 Å². The van der Waals surface area contributed by atoms with Crippen molar-refractivity contribution in [2.75, 3.05) is 0 Å². The Labute approximate surface area is 138 Å². The fraction of sp³-hybridized carbons (Fsp3) is 0.200. The van der Waals surface area contributed by atoms with Crippen molar-refractivity contribution < 1.29 is 11.7 Å². The fourth-order valence-corrected chi connectivity index (χ4v) is 3.09. The first-order valence-corrected chi connectivity index (χ1v) is 7.63. The third-order valence-electron chi connectivity index (χ3n) is 4.28. The normalized spacial score (nSPS) is 13.3. The number of benzene rings is 1. The van der Waals surface area contributed by atoms with Crippen LogP contribution in [0.25, 0.3) is 33.3 Å². The summed E-state index contributed by atoms with van der Waals surface area (Å²) in [7, 11) is 1.93. The van der Waals surface area contributed by atoms with Crippen molar-refractivity contribution >= 4 is 22.1 Å².